The van der Waals surface area contributed by atoms with Crippen molar-refractivity contribution in [2.45, 2.75) is 0 Å². The highest BCUT2D eigenvalue weighted by Crippen LogP contribution is 2.27. The van der Waals surface area contributed by atoms with E-state index in [1.54, 1.807) is 23.1 Å². The SMILES string of the molecule is N#Cc1cc(-c2ccncc2)n(-c2ccccc2Br)n1. The van der Waals surface area contributed by atoms with Crippen LogP contribution < -0.4 is 0 Å². The summed E-state index contributed by atoms with van der Waals surface area (Å²) in [5.41, 5.74) is 3.09. The molecular weight excluding hydrogens is 316 g/mol. The molecular formula is C15H9BrN4. The third-order valence-electron chi connectivity index (χ3n) is 2.88. The van der Waals surface area contributed by atoms with Gasteiger partial charge in [0.25, 0.3) is 0 Å². The molecule has 0 aliphatic carbocycles. The van der Waals surface area contributed by atoms with E-state index in [1.165, 1.54) is 0 Å². The molecule has 0 saturated carbocycles. The molecule has 3 rings (SSSR count). The maximum atomic E-state index is 9.09. The number of halogens is 1. The topological polar surface area (TPSA) is 54.5 Å². The van der Waals surface area contributed by atoms with Crippen LogP contribution in [-0.2, 0) is 0 Å². The van der Waals surface area contributed by atoms with Gasteiger partial charge in [-0.15, -0.1) is 0 Å². The van der Waals surface area contributed by atoms with Gasteiger partial charge in [-0.3, -0.25) is 4.98 Å². The van der Waals surface area contributed by atoms with E-state index in [0.717, 1.165) is 21.4 Å². The second kappa shape index (κ2) is 5.27. The minimum absolute atomic E-state index is 0.382. The normalized spacial score (nSPS) is 10.2. The zero-order valence-corrected chi connectivity index (χ0v) is 11.9. The average Bonchev–Trinajstić information content (AvgIpc) is 2.93. The molecule has 0 unspecified atom stereocenters. The Hall–Kier alpha value is -2.45. The molecule has 0 bridgehead atoms. The molecule has 0 saturated heterocycles. The van der Waals surface area contributed by atoms with E-state index in [0.29, 0.717) is 5.69 Å². The second-order valence-electron chi connectivity index (χ2n) is 4.13. The lowest BCUT2D eigenvalue weighted by molar-refractivity contribution is 0.876. The lowest BCUT2D eigenvalue weighted by Gasteiger charge is -2.08. The number of nitriles is 1. The molecule has 1 aromatic carbocycles. The fraction of sp³-hybridized carbons (Fsp3) is 0. The van der Waals surface area contributed by atoms with E-state index in [9.17, 15) is 0 Å². The first-order chi connectivity index (χ1) is 9.79. The molecule has 0 fully saturated rings. The molecule has 0 spiro atoms. The van der Waals surface area contributed by atoms with Crippen molar-refractivity contribution in [2.75, 3.05) is 0 Å². The Morgan fingerprint density at radius 2 is 1.85 bits per heavy atom. The Morgan fingerprint density at radius 1 is 1.10 bits per heavy atom. The van der Waals surface area contributed by atoms with Gasteiger partial charge in [0.2, 0.25) is 0 Å². The van der Waals surface area contributed by atoms with Gasteiger partial charge in [0.15, 0.2) is 5.69 Å². The summed E-state index contributed by atoms with van der Waals surface area (Å²) in [4.78, 5) is 4.01. The number of aromatic nitrogens is 3. The van der Waals surface area contributed by atoms with Crippen molar-refractivity contribution >= 4 is 15.9 Å². The van der Waals surface area contributed by atoms with Gasteiger partial charge < -0.3 is 0 Å². The minimum Gasteiger partial charge on any atom is -0.265 e. The second-order valence-corrected chi connectivity index (χ2v) is 4.98. The monoisotopic (exact) mass is 324 g/mol. The van der Waals surface area contributed by atoms with E-state index in [4.69, 9.17) is 5.26 Å². The molecule has 5 heteroatoms. The van der Waals surface area contributed by atoms with Crippen molar-refractivity contribution in [1.82, 2.24) is 14.8 Å². The lowest BCUT2D eigenvalue weighted by Crippen LogP contribution is -2.00. The highest BCUT2D eigenvalue weighted by molar-refractivity contribution is 9.10. The smallest absolute Gasteiger partial charge is 0.163 e. The number of hydrogen-bond acceptors (Lipinski definition) is 3. The third kappa shape index (κ3) is 2.22. The molecule has 0 atom stereocenters. The molecule has 0 amide bonds. The number of nitrogens with zero attached hydrogens (tertiary/aromatic N) is 4. The molecule has 0 N–H and O–H groups in total. The lowest BCUT2D eigenvalue weighted by atomic mass is 10.2. The van der Waals surface area contributed by atoms with Crippen molar-refractivity contribution in [2.24, 2.45) is 0 Å². The standard InChI is InChI=1S/C15H9BrN4/c16-13-3-1-2-4-14(13)20-15(9-12(10-17)19-20)11-5-7-18-8-6-11/h1-9H. The predicted octanol–water partition coefficient (Wildman–Crippen LogP) is 3.57. The van der Waals surface area contributed by atoms with Crippen LogP contribution in [0, 0.1) is 11.3 Å². The van der Waals surface area contributed by atoms with Crippen LogP contribution in [0.4, 0.5) is 0 Å². The molecule has 2 heterocycles. The average molecular weight is 325 g/mol. The molecule has 2 aromatic heterocycles. The quantitative estimate of drug-likeness (QED) is 0.724. The van der Waals surface area contributed by atoms with Crippen LogP contribution in [0.1, 0.15) is 5.69 Å². The number of pyridine rings is 1. The number of para-hydroxylation sites is 1. The van der Waals surface area contributed by atoms with E-state index < -0.39 is 0 Å². The van der Waals surface area contributed by atoms with Crippen LogP contribution in [0.2, 0.25) is 0 Å². The van der Waals surface area contributed by atoms with Gasteiger partial charge in [0.05, 0.1) is 11.4 Å². The summed E-state index contributed by atoms with van der Waals surface area (Å²) < 4.78 is 2.68. The summed E-state index contributed by atoms with van der Waals surface area (Å²) in [5, 5.41) is 13.4. The number of benzene rings is 1. The minimum atomic E-state index is 0.382. The molecule has 0 aliphatic rings. The summed E-state index contributed by atoms with van der Waals surface area (Å²) in [7, 11) is 0. The first-order valence-corrected chi connectivity index (χ1v) is 6.74. The summed E-state index contributed by atoms with van der Waals surface area (Å²) in [6.07, 6.45) is 3.44. The van der Waals surface area contributed by atoms with Crippen LogP contribution >= 0.6 is 15.9 Å². The predicted molar refractivity (Wildman–Crippen MR) is 79.2 cm³/mol. The molecule has 96 valence electrons. The zero-order chi connectivity index (χ0) is 13.9. The maximum Gasteiger partial charge on any atom is 0.163 e. The fourth-order valence-electron chi connectivity index (χ4n) is 1.97. The molecule has 0 aliphatic heterocycles. The molecule has 4 nitrogen and oxygen atoms in total. The van der Waals surface area contributed by atoms with Gasteiger partial charge in [-0.2, -0.15) is 10.4 Å². The van der Waals surface area contributed by atoms with Crippen LogP contribution in [0.15, 0.2) is 59.3 Å². The van der Waals surface area contributed by atoms with Gasteiger partial charge in [0, 0.05) is 28.5 Å². The van der Waals surface area contributed by atoms with Crippen LogP contribution in [0.25, 0.3) is 16.9 Å². The largest absolute Gasteiger partial charge is 0.265 e. The summed E-state index contributed by atoms with van der Waals surface area (Å²) >= 11 is 3.51. The van der Waals surface area contributed by atoms with Gasteiger partial charge >= 0.3 is 0 Å². The Labute approximate surface area is 124 Å². The fourth-order valence-corrected chi connectivity index (χ4v) is 2.42. The van der Waals surface area contributed by atoms with Crippen molar-refractivity contribution in [3.05, 3.63) is 65.0 Å². The van der Waals surface area contributed by atoms with Crippen molar-refractivity contribution < 1.29 is 0 Å². The number of hydrogen-bond donors (Lipinski definition) is 0. The van der Waals surface area contributed by atoms with E-state index in [-0.39, 0.29) is 0 Å². The van der Waals surface area contributed by atoms with Gasteiger partial charge in [-0.25, -0.2) is 4.68 Å². The number of rotatable bonds is 2. The van der Waals surface area contributed by atoms with Crippen molar-refractivity contribution in [3.8, 4) is 23.0 Å². The maximum absolute atomic E-state index is 9.09. The van der Waals surface area contributed by atoms with Gasteiger partial charge in [-0.05, 0) is 40.2 Å². The molecule has 20 heavy (non-hydrogen) atoms. The van der Waals surface area contributed by atoms with Crippen molar-refractivity contribution in [3.63, 3.8) is 0 Å². The first kappa shape index (κ1) is 12.6. The van der Waals surface area contributed by atoms with Crippen LogP contribution in [0.5, 0.6) is 0 Å². The Balaban J connectivity index is 2.24. The highest BCUT2D eigenvalue weighted by Gasteiger charge is 2.13. The van der Waals surface area contributed by atoms with E-state index >= 15 is 0 Å². The van der Waals surface area contributed by atoms with Crippen molar-refractivity contribution in [1.29, 1.82) is 5.26 Å². The van der Waals surface area contributed by atoms with E-state index in [2.05, 4.69) is 32.1 Å². The molecule has 3 aromatic rings. The van der Waals surface area contributed by atoms with Gasteiger partial charge in [0.1, 0.15) is 6.07 Å². The van der Waals surface area contributed by atoms with Crippen LogP contribution in [-0.4, -0.2) is 14.8 Å². The Bertz CT molecular complexity index is 787. The third-order valence-corrected chi connectivity index (χ3v) is 3.55. The van der Waals surface area contributed by atoms with Crippen LogP contribution in [0.3, 0.4) is 0 Å². The summed E-state index contributed by atoms with van der Waals surface area (Å²) in [6.45, 7) is 0. The van der Waals surface area contributed by atoms with E-state index in [1.807, 2.05) is 36.4 Å². The first-order valence-electron chi connectivity index (χ1n) is 5.95. The Kier molecular flexibility index (Phi) is 3.32. The molecule has 0 radical (unpaired) electrons. The summed E-state index contributed by atoms with van der Waals surface area (Å²) in [5.74, 6) is 0. The zero-order valence-electron chi connectivity index (χ0n) is 10.4. The Morgan fingerprint density at radius 3 is 2.55 bits per heavy atom. The summed E-state index contributed by atoms with van der Waals surface area (Å²) in [6, 6.07) is 15.4. The highest BCUT2D eigenvalue weighted by atomic mass is 79.9. The van der Waals surface area contributed by atoms with Gasteiger partial charge in [-0.1, -0.05) is 12.1 Å².